The summed E-state index contributed by atoms with van der Waals surface area (Å²) in [4.78, 5) is 0. The maximum atomic E-state index is 9.01. The Kier molecular flexibility index (Phi) is 1.98. The molecule has 0 saturated heterocycles. The first-order valence-electron chi connectivity index (χ1n) is 4.30. The molecular formula is C11H9ClN2. The number of halogens is 1. The van der Waals surface area contributed by atoms with Crippen molar-refractivity contribution in [2.24, 2.45) is 7.05 Å². The zero-order chi connectivity index (χ0) is 10.3. The van der Waals surface area contributed by atoms with Crippen molar-refractivity contribution in [3.63, 3.8) is 0 Å². The topological polar surface area (TPSA) is 28.7 Å². The van der Waals surface area contributed by atoms with E-state index in [2.05, 4.69) is 6.07 Å². The highest BCUT2D eigenvalue weighted by atomic mass is 35.5. The molecule has 0 aliphatic rings. The summed E-state index contributed by atoms with van der Waals surface area (Å²) >= 11 is 6.07. The quantitative estimate of drug-likeness (QED) is 0.649. The molecule has 0 amide bonds. The molecule has 1 aromatic carbocycles. The fourth-order valence-electron chi connectivity index (χ4n) is 1.73. The summed E-state index contributed by atoms with van der Waals surface area (Å²) in [7, 11) is 1.92. The standard InChI is InChI=1S/C11H9ClN2/c1-7-9(6-13)8-4-3-5-10(12)11(8)14(7)2/h3-5H,1-2H3. The number of rotatable bonds is 0. The maximum absolute atomic E-state index is 9.01. The first-order chi connectivity index (χ1) is 6.66. The smallest absolute Gasteiger partial charge is 0.102 e. The van der Waals surface area contributed by atoms with E-state index >= 15 is 0 Å². The van der Waals surface area contributed by atoms with Gasteiger partial charge in [-0.05, 0) is 13.0 Å². The summed E-state index contributed by atoms with van der Waals surface area (Å²) in [6.07, 6.45) is 0. The Bertz CT molecular complexity index is 546. The molecule has 1 aromatic heterocycles. The van der Waals surface area contributed by atoms with Gasteiger partial charge in [0.15, 0.2) is 0 Å². The Morgan fingerprint density at radius 1 is 1.43 bits per heavy atom. The fraction of sp³-hybridized carbons (Fsp3) is 0.182. The van der Waals surface area contributed by atoms with Crippen molar-refractivity contribution < 1.29 is 0 Å². The molecule has 2 nitrogen and oxygen atoms in total. The second-order valence-corrected chi connectivity index (χ2v) is 3.67. The Labute approximate surface area is 87.3 Å². The maximum Gasteiger partial charge on any atom is 0.102 e. The highest BCUT2D eigenvalue weighted by Crippen LogP contribution is 2.29. The SMILES string of the molecule is Cc1c(C#N)c2cccc(Cl)c2n1C. The predicted octanol–water partition coefficient (Wildman–Crippen LogP) is 3.01. The monoisotopic (exact) mass is 204 g/mol. The molecule has 3 heteroatoms. The van der Waals surface area contributed by atoms with Gasteiger partial charge in [0.2, 0.25) is 0 Å². The highest BCUT2D eigenvalue weighted by Gasteiger charge is 2.12. The Morgan fingerprint density at radius 3 is 2.79 bits per heavy atom. The lowest BCUT2D eigenvalue weighted by molar-refractivity contribution is 0.915. The molecule has 0 bridgehead atoms. The molecule has 2 aromatic rings. The van der Waals surface area contributed by atoms with Gasteiger partial charge in [0.1, 0.15) is 6.07 Å². The first kappa shape index (κ1) is 9.11. The zero-order valence-electron chi connectivity index (χ0n) is 8.00. The van der Waals surface area contributed by atoms with Gasteiger partial charge in [-0.15, -0.1) is 0 Å². The van der Waals surface area contributed by atoms with E-state index in [1.54, 1.807) is 0 Å². The molecule has 1 heterocycles. The van der Waals surface area contributed by atoms with Crippen LogP contribution in [0.1, 0.15) is 11.3 Å². The third-order valence-corrected chi connectivity index (χ3v) is 2.87. The van der Waals surface area contributed by atoms with Crippen LogP contribution in [0.2, 0.25) is 5.02 Å². The summed E-state index contributed by atoms with van der Waals surface area (Å²) in [5.41, 5.74) is 2.60. The highest BCUT2D eigenvalue weighted by molar-refractivity contribution is 6.35. The number of hydrogen-bond donors (Lipinski definition) is 0. The molecule has 0 atom stereocenters. The van der Waals surface area contributed by atoms with Crippen molar-refractivity contribution in [1.82, 2.24) is 4.57 Å². The molecule has 0 aliphatic heterocycles. The minimum atomic E-state index is 0.689. The molecule has 14 heavy (non-hydrogen) atoms. The minimum Gasteiger partial charge on any atom is -0.345 e. The second kappa shape index (κ2) is 3.04. The summed E-state index contributed by atoms with van der Waals surface area (Å²) in [5.74, 6) is 0. The van der Waals surface area contributed by atoms with Crippen molar-refractivity contribution in [2.75, 3.05) is 0 Å². The first-order valence-corrected chi connectivity index (χ1v) is 4.68. The number of nitriles is 1. The molecule has 2 rings (SSSR count). The lowest BCUT2D eigenvalue weighted by Gasteiger charge is -1.99. The van der Waals surface area contributed by atoms with E-state index in [1.807, 2.05) is 36.7 Å². The molecule has 70 valence electrons. The number of aromatic nitrogens is 1. The number of aryl methyl sites for hydroxylation is 1. The van der Waals surface area contributed by atoms with Crippen LogP contribution in [0.15, 0.2) is 18.2 Å². The number of fused-ring (bicyclic) bond motifs is 1. The van der Waals surface area contributed by atoms with E-state index in [0.717, 1.165) is 16.6 Å². The molecule has 0 radical (unpaired) electrons. The molecule has 0 spiro atoms. The van der Waals surface area contributed by atoms with E-state index < -0.39 is 0 Å². The Morgan fingerprint density at radius 2 is 2.14 bits per heavy atom. The van der Waals surface area contributed by atoms with Gasteiger partial charge in [0, 0.05) is 18.1 Å². The summed E-state index contributed by atoms with van der Waals surface area (Å²) < 4.78 is 1.95. The van der Waals surface area contributed by atoms with Crippen LogP contribution in [0.3, 0.4) is 0 Å². The van der Waals surface area contributed by atoms with Crippen LogP contribution < -0.4 is 0 Å². The second-order valence-electron chi connectivity index (χ2n) is 3.27. The van der Waals surface area contributed by atoms with Gasteiger partial charge in [-0.2, -0.15) is 5.26 Å². The van der Waals surface area contributed by atoms with E-state index in [0.29, 0.717) is 10.6 Å². The number of hydrogen-bond acceptors (Lipinski definition) is 1. The predicted molar refractivity (Wildman–Crippen MR) is 57.4 cm³/mol. The van der Waals surface area contributed by atoms with Crippen molar-refractivity contribution in [2.45, 2.75) is 6.92 Å². The van der Waals surface area contributed by atoms with Crippen LogP contribution >= 0.6 is 11.6 Å². The lowest BCUT2D eigenvalue weighted by atomic mass is 10.1. The van der Waals surface area contributed by atoms with Crippen molar-refractivity contribution in [3.05, 3.63) is 34.5 Å². The number of para-hydroxylation sites is 1. The van der Waals surface area contributed by atoms with Gasteiger partial charge in [-0.25, -0.2) is 0 Å². The minimum absolute atomic E-state index is 0.689. The third-order valence-electron chi connectivity index (χ3n) is 2.57. The van der Waals surface area contributed by atoms with E-state index in [1.165, 1.54) is 0 Å². The van der Waals surface area contributed by atoms with Crippen LogP contribution in [-0.4, -0.2) is 4.57 Å². The Hall–Kier alpha value is -1.46. The average Bonchev–Trinajstić information content (AvgIpc) is 2.41. The normalized spacial score (nSPS) is 10.4. The van der Waals surface area contributed by atoms with Gasteiger partial charge >= 0.3 is 0 Å². The van der Waals surface area contributed by atoms with Gasteiger partial charge in [-0.3, -0.25) is 0 Å². The molecule has 0 unspecified atom stereocenters. The van der Waals surface area contributed by atoms with Crippen LogP contribution in [0.25, 0.3) is 10.9 Å². The third kappa shape index (κ3) is 1.03. The van der Waals surface area contributed by atoms with E-state index in [-0.39, 0.29) is 0 Å². The number of benzene rings is 1. The van der Waals surface area contributed by atoms with Gasteiger partial charge in [0.05, 0.1) is 16.1 Å². The van der Waals surface area contributed by atoms with Crippen LogP contribution in [0.4, 0.5) is 0 Å². The fourth-order valence-corrected chi connectivity index (χ4v) is 2.03. The largest absolute Gasteiger partial charge is 0.345 e. The molecule has 0 fully saturated rings. The van der Waals surface area contributed by atoms with Crippen LogP contribution in [-0.2, 0) is 7.05 Å². The van der Waals surface area contributed by atoms with E-state index in [4.69, 9.17) is 16.9 Å². The zero-order valence-corrected chi connectivity index (χ0v) is 8.76. The van der Waals surface area contributed by atoms with Gasteiger partial charge in [-0.1, -0.05) is 23.7 Å². The summed E-state index contributed by atoms with van der Waals surface area (Å²) in [6.45, 7) is 1.93. The summed E-state index contributed by atoms with van der Waals surface area (Å²) in [6, 6.07) is 7.83. The summed E-state index contributed by atoms with van der Waals surface area (Å²) in [5, 5.41) is 10.6. The van der Waals surface area contributed by atoms with Gasteiger partial charge in [0.25, 0.3) is 0 Å². The van der Waals surface area contributed by atoms with Crippen molar-refractivity contribution in [3.8, 4) is 6.07 Å². The average molecular weight is 205 g/mol. The Balaban J connectivity index is 3.05. The molecule has 0 N–H and O–H groups in total. The van der Waals surface area contributed by atoms with Crippen molar-refractivity contribution in [1.29, 1.82) is 5.26 Å². The van der Waals surface area contributed by atoms with Gasteiger partial charge < -0.3 is 4.57 Å². The van der Waals surface area contributed by atoms with E-state index in [9.17, 15) is 0 Å². The molecular weight excluding hydrogens is 196 g/mol. The molecule has 0 aliphatic carbocycles. The van der Waals surface area contributed by atoms with Crippen LogP contribution in [0, 0.1) is 18.3 Å². The van der Waals surface area contributed by atoms with Crippen LogP contribution in [0.5, 0.6) is 0 Å². The van der Waals surface area contributed by atoms with Crippen molar-refractivity contribution >= 4 is 22.5 Å². The lowest BCUT2D eigenvalue weighted by Crippen LogP contribution is -1.90. The number of nitrogens with zero attached hydrogens (tertiary/aromatic N) is 2. The molecule has 0 saturated carbocycles.